The van der Waals surface area contributed by atoms with Crippen LogP contribution in [-0.4, -0.2) is 46.6 Å². The van der Waals surface area contributed by atoms with Gasteiger partial charge in [0.25, 0.3) is 0 Å². The minimum Gasteiger partial charge on any atom is -0.480 e. The summed E-state index contributed by atoms with van der Waals surface area (Å²) in [6.07, 6.45) is -2.01. The third-order valence-corrected chi connectivity index (χ3v) is 4.32. The topological polar surface area (TPSA) is 87.1 Å². The van der Waals surface area contributed by atoms with Crippen molar-refractivity contribution in [3.63, 3.8) is 0 Å². The third-order valence-electron chi connectivity index (χ3n) is 4.32. The highest BCUT2D eigenvalue weighted by atomic mass is 16.5. The molecule has 0 bridgehead atoms. The van der Waals surface area contributed by atoms with E-state index in [1.165, 1.54) is 7.11 Å². The predicted molar refractivity (Wildman–Crippen MR) is 78.0 cm³/mol. The molecule has 0 spiro atoms. The molecule has 1 aliphatic rings. The summed E-state index contributed by atoms with van der Waals surface area (Å²) in [4.78, 5) is 24.3. The van der Waals surface area contributed by atoms with Gasteiger partial charge in [0.2, 0.25) is 0 Å². The Kier molecular flexibility index (Phi) is 4.63. The highest BCUT2D eigenvalue weighted by Gasteiger charge is 2.61. The minimum absolute atomic E-state index is 0.209. The monoisotopic (exact) mass is 301 g/mol. The molecule has 6 nitrogen and oxygen atoms in total. The van der Waals surface area contributed by atoms with Crippen LogP contribution in [0.25, 0.3) is 0 Å². The molecule has 1 rings (SSSR count). The second-order valence-corrected chi connectivity index (χ2v) is 7.88. The maximum Gasteiger partial charge on any atom is 0.410 e. The smallest absolute Gasteiger partial charge is 0.410 e. The maximum absolute atomic E-state index is 11.7. The fourth-order valence-electron chi connectivity index (χ4n) is 3.62. The average molecular weight is 301 g/mol. The molecule has 6 heteroatoms. The van der Waals surface area contributed by atoms with Gasteiger partial charge in [-0.05, 0) is 10.8 Å². The lowest BCUT2D eigenvalue weighted by atomic mass is 9.63. The van der Waals surface area contributed by atoms with Crippen LogP contribution in [0.5, 0.6) is 0 Å². The van der Waals surface area contributed by atoms with Gasteiger partial charge in [-0.15, -0.1) is 0 Å². The summed E-state index contributed by atoms with van der Waals surface area (Å²) < 4.78 is 5.41. The second-order valence-electron chi connectivity index (χ2n) is 7.88. The number of hydrogen-bond acceptors (Lipinski definition) is 3. The summed E-state index contributed by atoms with van der Waals surface area (Å²) >= 11 is 0. The number of likely N-dealkylation sites (tertiary alicyclic amines) is 1. The van der Waals surface area contributed by atoms with Gasteiger partial charge in [-0.25, -0.2) is 9.59 Å². The van der Waals surface area contributed by atoms with E-state index in [1.807, 2.05) is 41.5 Å². The average Bonchev–Trinajstić information content (AvgIpc) is 2.62. The summed E-state index contributed by atoms with van der Waals surface area (Å²) in [7, 11) is 1.43. The van der Waals surface area contributed by atoms with Crippen LogP contribution in [0.3, 0.4) is 0 Å². The summed E-state index contributed by atoms with van der Waals surface area (Å²) in [6.45, 7) is 11.8. The molecular formula is C15H27NO5. The summed E-state index contributed by atoms with van der Waals surface area (Å²) in [6, 6.07) is -1.10. The van der Waals surface area contributed by atoms with Crippen molar-refractivity contribution in [3.05, 3.63) is 0 Å². The van der Waals surface area contributed by atoms with Crippen LogP contribution in [0.15, 0.2) is 0 Å². The van der Waals surface area contributed by atoms with E-state index in [-0.39, 0.29) is 22.7 Å². The molecule has 1 heterocycles. The molecule has 1 amide bonds. The van der Waals surface area contributed by atoms with E-state index < -0.39 is 24.3 Å². The highest BCUT2D eigenvalue weighted by molar-refractivity contribution is 5.81. The minimum atomic E-state index is -1.25. The number of nitrogens with zero attached hydrogens (tertiary/aromatic N) is 1. The Morgan fingerprint density at radius 3 is 1.62 bits per heavy atom. The van der Waals surface area contributed by atoms with E-state index in [1.54, 1.807) is 0 Å². The molecule has 0 aromatic heterocycles. The van der Waals surface area contributed by atoms with Gasteiger partial charge in [0.1, 0.15) is 12.3 Å². The van der Waals surface area contributed by atoms with Crippen molar-refractivity contribution in [2.75, 3.05) is 7.11 Å². The molecule has 21 heavy (non-hydrogen) atoms. The zero-order valence-corrected chi connectivity index (χ0v) is 13.9. The van der Waals surface area contributed by atoms with Crippen LogP contribution in [0.1, 0.15) is 41.5 Å². The number of amides is 1. The van der Waals surface area contributed by atoms with Gasteiger partial charge in [0, 0.05) is 18.9 Å². The number of carboxylic acid groups (broad SMARTS) is 2. The molecule has 0 aromatic carbocycles. The molecule has 4 unspecified atom stereocenters. The second kappa shape index (κ2) is 5.48. The Bertz CT molecular complexity index is 421. The Morgan fingerprint density at radius 2 is 1.38 bits per heavy atom. The predicted octanol–water partition coefficient (Wildman–Crippen LogP) is 2.73. The molecule has 1 saturated heterocycles. The van der Waals surface area contributed by atoms with Crippen LogP contribution in [0.4, 0.5) is 4.79 Å². The van der Waals surface area contributed by atoms with E-state index in [9.17, 15) is 19.8 Å². The number of carboxylic acids is 1. The lowest BCUT2D eigenvalue weighted by Gasteiger charge is -2.41. The van der Waals surface area contributed by atoms with E-state index in [0.29, 0.717) is 0 Å². The van der Waals surface area contributed by atoms with Gasteiger partial charge in [-0.1, -0.05) is 41.5 Å². The van der Waals surface area contributed by atoms with Gasteiger partial charge in [-0.2, -0.15) is 0 Å². The molecule has 4 atom stereocenters. The van der Waals surface area contributed by atoms with Crippen molar-refractivity contribution < 1.29 is 24.5 Å². The molecule has 0 aliphatic carbocycles. The van der Waals surface area contributed by atoms with Gasteiger partial charge in [0.15, 0.2) is 0 Å². The number of rotatable bonds is 2. The fourth-order valence-corrected chi connectivity index (χ4v) is 3.62. The first-order chi connectivity index (χ1) is 9.34. The molecule has 2 N–H and O–H groups in total. The van der Waals surface area contributed by atoms with Crippen LogP contribution >= 0.6 is 0 Å². The zero-order chi connectivity index (χ0) is 16.7. The van der Waals surface area contributed by atoms with Crippen LogP contribution in [-0.2, 0) is 9.53 Å². The van der Waals surface area contributed by atoms with Gasteiger partial charge >= 0.3 is 12.1 Å². The molecule has 0 aromatic rings. The van der Waals surface area contributed by atoms with Gasteiger partial charge in [-0.3, -0.25) is 4.90 Å². The number of hydrogen-bond donors (Lipinski definition) is 2. The molecule has 0 saturated carbocycles. The first-order valence-corrected chi connectivity index (χ1v) is 7.11. The molecular weight excluding hydrogens is 274 g/mol. The van der Waals surface area contributed by atoms with Crippen molar-refractivity contribution in [2.45, 2.75) is 53.8 Å². The first-order valence-electron chi connectivity index (χ1n) is 7.11. The van der Waals surface area contributed by atoms with Gasteiger partial charge < -0.3 is 14.9 Å². The summed E-state index contributed by atoms with van der Waals surface area (Å²) in [5.74, 6) is -1.66. The van der Waals surface area contributed by atoms with Crippen molar-refractivity contribution >= 4 is 12.1 Å². The van der Waals surface area contributed by atoms with E-state index >= 15 is 0 Å². The third kappa shape index (κ3) is 3.15. The number of ether oxygens (including phenoxy) is 1. The van der Waals surface area contributed by atoms with E-state index in [0.717, 1.165) is 4.90 Å². The largest absolute Gasteiger partial charge is 0.480 e. The molecule has 1 aliphatic heterocycles. The van der Waals surface area contributed by atoms with E-state index in [2.05, 4.69) is 0 Å². The number of methoxy groups -OCH3 is 1. The van der Waals surface area contributed by atoms with Crippen LogP contribution in [0.2, 0.25) is 0 Å². The van der Waals surface area contributed by atoms with Crippen LogP contribution < -0.4 is 0 Å². The first kappa shape index (κ1) is 17.8. The Morgan fingerprint density at radius 1 is 0.952 bits per heavy atom. The zero-order valence-electron chi connectivity index (χ0n) is 13.9. The lowest BCUT2D eigenvalue weighted by Crippen LogP contribution is -2.48. The standard InChI is InChI=1S/C15H27NO5/c1-14(2,3)8-9(15(4,5)6)11(21-7)16(13(19)20)10(8)12(17)18/h8-11H,1-7H3,(H,17,18)(H,19,20). The lowest BCUT2D eigenvalue weighted by molar-refractivity contribution is -0.146. The normalized spacial score (nSPS) is 30.5. The Labute approximate surface area is 126 Å². The fraction of sp³-hybridized carbons (Fsp3) is 0.867. The summed E-state index contributed by atoms with van der Waals surface area (Å²) in [5, 5.41) is 19.1. The Balaban J connectivity index is 3.52. The highest BCUT2D eigenvalue weighted by Crippen LogP contribution is 2.52. The quantitative estimate of drug-likeness (QED) is 0.819. The SMILES string of the molecule is COC1C(C(C)(C)C)C(C(C)(C)C)C(C(=O)O)N1C(=O)O. The molecule has 1 fully saturated rings. The molecule has 122 valence electrons. The molecule has 0 radical (unpaired) electrons. The number of carbonyl (C=O) groups is 2. The van der Waals surface area contributed by atoms with Gasteiger partial charge in [0.05, 0.1) is 0 Å². The van der Waals surface area contributed by atoms with Crippen molar-refractivity contribution in [3.8, 4) is 0 Å². The Hall–Kier alpha value is -1.30. The van der Waals surface area contributed by atoms with Crippen molar-refractivity contribution in [1.29, 1.82) is 0 Å². The van der Waals surface area contributed by atoms with Crippen LogP contribution in [0, 0.1) is 22.7 Å². The van der Waals surface area contributed by atoms with Crippen molar-refractivity contribution in [2.24, 2.45) is 22.7 Å². The maximum atomic E-state index is 11.7. The summed E-state index contributed by atoms with van der Waals surface area (Å²) in [5.41, 5.74) is -0.640. The van der Waals surface area contributed by atoms with Crippen molar-refractivity contribution in [1.82, 2.24) is 4.90 Å². The van der Waals surface area contributed by atoms with E-state index in [4.69, 9.17) is 4.74 Å². The number of aliphatic carboxylic acids is 1.